The molecule has 3 aromatic carbocycles. The molecule has 0 aliphatic carbocycles. The Labute approximate surface area is 207 Å². The second-order valence-corrected chi connectivity index (χ2v) is 8.81. The van der Waals surface area contributed by atoms with Crippen molar-refractivity contribution in [1.82, 2.24) is 14.9 Å². The van der Waals surface area contributed by atoms with Gasteiger partial charge >= 0.3 is 0 Å². The van der Waals surface area contributed by atoms with Crippen LogP contribution in [0.25, 0.3) is 21.8 Å². The Morgan fingerprint density at radius 1 is 1.03 bits per heavy atom. The number of para-hydroxylation sites is 1. The van der Waals surface area contributed by atoms with Crippen molar-refractivity contribution in [1.29, 1.82) is 0 Å². The number of benzene rings is 3. The van der Waals surface area contributed by atoms with E-state index in [-0.39, 0.29) is 0 Å². The van der Waals surface area contributed by atoms with E-state index in [4.69, 9.17) is 16.3 Å². The summed E-state index contributed by atoms with van der Waals surface area (Å²) in [6.45, 7) is 0.897. The lowest BCUT2D eigenvalue weighted by Crippen LogP contribution is -2.32. The van der Waals surface area contributed by atoms with Gasteiger partial charge in [-0.3, -0.25) is 9.59 Å². The van der Waals surface area contributed by atoms with Gasteiger partial charge in [-0.1, -0.05) is 41.9 Å². The number of H-pyrrole nitrogens is 1. The zero-order valence-electron chi connectivity index (χ0n) is 19.2. The molecule has 0 fully saturated rings. The van der Waals surface area contributed by atoms with Crippen LogP contribution in [0.3, 0.4) is 0 Å². The number of rotatable bonds is 8. The first kappa shape index (κ1) is 22.7. The summed E-state index contributed by atoms with van der Waals surface area (Å²) in [5, 5.41) is 5.24. The number of halogens is 1. The molecule has 0 saturated carbocycles. The molecule has 2 heterocycles. The van der Waals surface area contributed by atoms with Gasteiger partial charge in [0.15, 0.2) is 0 Å². The summed E-state index contributed by atoms with van der Waals surface area (Å²) in [6, 6.07) is 21.1. The van der Waals surface area contributed by atoms with E-state index >= 15 is 0 Å². The number of nitrogens with zero attached hydrogens (tertiary/aromatic N) is 1. The van der Waals surface area contributed by atoms with Crippen molar-refractivity contribution in [3.8, 4) is 5.75 Å². The van der Waals surface area contributed by atoms with Crippen LogP contribution in [0.4, 0.5) is 0 Å². The summed E-state index contributed by atoms with van der Waals surface area (Å²) in [5.41, 5.74) is 4.36. The Balaban J connectivity index is 1.36. The number of amides is 1. The lowest BCUT2D eigenvalue weighted by Gasteiger charge is -2.06. The number of ketones is 1. The molecule has 176 valence electrons. The van der Waals surface area contributed by atoms with Crippen molar-refractivity contribution >= 4 is 45.1 Å². The van der Waals surface area contributed by atoms with Gasteiger partial charge in [0.2, 0.25) is 0 Å². The molecule has 6 nitrogen and oxygen atoms in total. The molecule has 0 aliphatic heterocycles. The third-order valence-electron chi connectivity index (χ3n) is 6.16. The molecule has 1 amide bonds. The monoisotopic (exact) mass is 485 g/mol. The predicted octanol–water partition coefficient (Wildman–Crippen LogP) is 5.37. The van der Waals surface area contributed by atoms with Crippen molar-refractivity contribution < 1.29 is 14.3 Å². The van der Waals surface area contributed by atoms with Crippen molar-refractivity contribution in [2.24, 2.45) is 0 Å². The molecular weight excluding hydrogens is 462 g/mol. The molecule has 2 N–H and O–H groups in total. The van der Waals surface area contributed by atoms with Crippen molar-refractivity contribution in [3.05, 3.63) is 101 Å². The Hall–Kier alpha value is -4.03. The number of methoxy groups -OCH3 is 1. The van der Waals surface area contributed by atoms with Crippen molar-refractivity contribution in [3.63, 3.8) is 0 Å². The number of nitrogens with one attached hydrogen (secondary N) is 2. The first-order valence-electron chi connectivity index (χ1n) is 11.3. The van der Waals surface area contributed by atoms with E-state index in [0.29, 0.717) is 41.2 Å². The highest BCUT2D eigenvalue weighted by Crippen LogP contribution is 2.27. The summed E-state index contributed by atoms with van der Waals surface area (Å²) in [7, 11) is 1.57. The molecule has 0 spiro atoms. The average Bonchev–Trinajstić information content (AvgIpc) is 3.46. The van der Waals surface area contributed by atoms with Gasteiger partial charge in [-0.2, -0.15) is 0 Å². The molecule has 0 saturated heterocycles. The molecule has 5 rings (SSSR count). The maximum Gasteiger partial charge on any atom is 0.292 e. The quantitative estimate of drug-likeness (QED) is 0.229. The Morgan fingerprint density at radius 3 is 2.63 bits per heavy atom. The molecule has 35 heavy (non-hydrogen) atoms. The van der Waals surface area contributed by atoms with Crippen LogP contribution in [0, 0.1) is 0 Å². The highest BCUT2D eigenvalue weighted by Gasteiger charge is 2.22. The van der Waals surface area contributed by atoms with Gasteiger partial charge in [-0.25, -0.2) is 0 Å². The average molecular weight is 486 g/mol. The lowest BCUT2D eigenvalue weighted by molar-refractivity contribution is -0.116. The second-order valence-electron chi connectivity index (χ2n) is 8.37. The van der Waals surface area contributed by atoms with Crippen LogP contribution in [0.5, 0.6) is 5.75 Å². The number of carbonyl (C=O) groups excluding carboxylic acids is 2. The van der Waals surface area contributed by atoms with Crippen LogP contribution in [0.2, 0.25) is 5.02 Å². The molecule has 0 aliphatic rings. The van der Waals surface area contributed by atoms with Crippen LogP contribution < -0.4 is 10.1 Å². The van der Waals surface area contributed by atoms with E-state index in [1.165, 1.54) is 0 Å². The number of aromatic nitrogens is 2. The summed E-state index contributed by atoms with van der Waals surface area (Å²) in [4.78, 5) is 29.2. The second kappa shape index (κ2) is 9.68. The van der Waals surface area contributed by atoms with Crippen LogP contribution >= 0.6 is 11.6 Å². The van der Waals surface area contributed by atoms with Crippen molar-refractivity contribution in [2.45, 2.75) is 13.0 Å². The SMILES string of the molecule is COc1ccc2c(c1)c(C(=O)C(=O)NCCc1c[nH]c3ccccc13)cn2Cc1ccc(Cl)cc1. The maximum atomic E-state index is 13.2. The molecular formula is C28H24ClN3O3. The number of ether oxygens (including phenoxy) is 1. The number of hydrogen-bond donors (Lipinski definition) is 2. The fourth-order valence-corrected chi connectivity index (χ4v) is 4.48. The van der Waals surface area contributed by atoms with Crippen LogP contribution in [0.15, 0.2) is 79.1 Å². The van der Waals surface area contributed by atoms with E-state index in [9.17, 15) is 9.59 Å². The zero-order chi connectivity index (χ0) is 24.4. The smallest absolute Gasteiger partial charge is 0.292 e. The van der Waals surface area contributed by atoms with Gasteiger partial charge in [0, 0.05) is 52.3 Å². The standard InChI is InChI=1S/C28H24ClN3O3/c1-35-21-10-11-26-23(14-21)24(17-32(26)16-18-6-8-20(29)9-7-18)27(33)28(34)30-13-12-19-15-31-25-5-3-2-4-22(19)25/h2-11,14-15,17,31H,12-13,16H2,1H3,(H,30,34). The predicted molar refractivity (Wildman–Crippen MR) is 138 cm³/mol. The zero-order valence-corrected chi connectivity index (χ0v) is 19.9. The van der Waals surface area contributed by atoms with Gasteiger partial charge < -0.3 is 19.6 Å². The molecule has 7 heteroatoms. The number of fused-ring (bicyclic) bond motifs is 2. The number of carbonyl (C=O) groups is 2. The highest BCUT2D eigenvalue weighted by molar-refractivity contribution is 6.45. The van der Waals surface area contributed by atoms with E-state index in [1.807, 2.05) is 71.4 Å². The highest BCUT2D eigenvalue weighted by atomic mass is 35.5. The lowest BCUT2D eigenvalue weighted by atomic mass is 10.1. The minimum absolute atomic E-state index is 0.345. The minimum atomic E-state index is -0.627. The fourth-order valence-electron chi connectivity index (χ4n) is 4.35. The van der Waals surface area contributed by atoms with Crippen LogP contribution in [0.1, 0.15) is 21.5 Å². The van der Waals surface area contributed by atoms with Gasteiger partial charge in [0.05, 0.1) is 12.7 Å². The fraction of sp³-hybridized carbons (Fsp3) is 0.143. The molecule has 0 radical (unpaired) electrons. The molecule has 0 atom stereocenters. The van der Waals surface area contributed by atoms with Crippen molar-refractivity contribution in [2.75, 3.05) is 13.7 Å². The van der Waals surface area contributed by atoms with Gasteiger partial charge in [0.1, 0.15) is 5.75 Å². The number of Topliss-reactive ketones (excluding diaryl/α,β-unsaturated/α-hetero) is 1. The molecule has 0 bridgehead atoms. The van der Waals surface area contributed by atoms with E-state index in [2.05, 4.69) is 10.3 Å². The Kier molecular flexibility index (Phi) is 6.29. The van der Waals surface area contributed by atoms with E-state index in [0.717, 1.165) is 27.5 Å². The Morgan fingerprint density at radius 2 is 1.83 bits per heavy atom. The maximum absolute atomic E-state index is 13.2. The van der Waals surface area contributed by atoms with Gasteiger partial charge in [-0.05, 0) is 53.9 Å². The summed E-state index contributed by atoms with van der Waals surface area (Å²) >= 11 is 6.01. The van der Waals surface area contributed by atoms with Crippen LogP contribution in [-0.2, 0) is 17.8 Å². The number of aromatic amines is 1. The van der Waals surface area contributed by atoms with Crippen LogP contribution in [-0.4, -0.2) is 34.9 Å². The molecule has 0 unspecified atom stereocenters. The molecule has 2 aromatic heterocycles. The van der Waals surface area contributed by atoms with Gasteiger partial charge in [0.25, 0.3) is 11.7 Å². The van der Waals surface area contributed by atoms with E-state index in [1.54, 1.807) is 19.4 Å². The first-order chi connectivity index (χ1) is 17.0. The molecule has 5 aromatic rings. The number of hydrogen-bond acceptors (Lipinski definition) is 3. The Bertz CT molecular complexity index is 1530. The minimum Gasteiger partial charge on any atom is -0.497 e. The third-order valence-corrected chi connectivity index (χ3v) is 6.41. The van der Waals surface area contributed by atoms with E-state index < -0.39 is 11.7 Å². The third kappa shape index (κ3) is 4.66. The summed E-state index contributed by atoms with van der Waals surface area (Å²) < 4.78 is 7.32. The summed E-state index contributed by atoms with van der Waals surface area (Å²) in [6.07, 6.45) is 4.30. The first-order valence-corrected chi connectivity index (χ1v) is 11.7. The topological polar surface area (TPSA) is 76.1 Å². The normalized spacial score (nSPS) is 11.1. The summed E-state index contributed by atoms with van der Waals surface area (Å²) in [5.74, 6) is -0.578. The van der Waals surface area contributed by atoms with Gasteiger partial charge in [-0.15, -0.1) is 0 Å². The largest absolute Gasteiger partial charge is 0.497 e.